The summed E-state index contributed by atoms with van der Waals surface area (Å²) in [6, 6.07) is 8.60. The fourth-order valence-electron chi connectivity index (χ4n) is 2.09. The molecule has 0 bridgehead atoms. The van der Waals surface area contributed by atoms with Gasteiger partial charge in [-0.25, -0.2) is 13.6 Å². The Bertz CT molecular complexity index is 753. The third-order valence-corrected chi connectivity index (χ3v) is 3.71. The molecule has 126 valence electrons. The van der Waals surface area contributed by atoms with E-state index in [1.807, 2.05) is 0 Å². The number of hydrogen-bond donors (Lipinski definition) is 3. The third kappa shape index (κ3) is 5.02. The van der Waals surface area contributed by atoms with Gasteiger partial charge in [0.05, 0.1) is 12.5 Å². The van der Waals surface area contributed by atoms with E-state index in [9.17, 15) is 18.4 Å². The van der Waals surface area contributed by atoms with Crippen molar-refractivity contribution in [2.75, 3.05) is 5.32 Å². The van der Waals surface area contributed by atoms with Crippen molar-refractivity contribution in [2.45, 2.75) is 12.5 Å². The number of carbonyl (C=O) groups excluding carboxylic acids is 2. The van der Waals surface area contributed by atoms with Crippen LogP contribution in [0, 0.1) is 11.6 Å². The van der Waals surface area contributed by atoms with Crippen LogP contribution >= 0.6 is 15.9 Å². The minimum absolute atomic E-state index is 0.118. The summed E-state index contributed by atoms with van der Waals surface area (Å²) < 4.78 is 26.9. The Morgan fingerprint density at radius 3 is 2.33 bits per heavy atom. The molecule has 0 unspecified atom stereocenters. The van der Waals surface area contributed by atoms with E-state index in [-0.39, 0.29) is 12.1 Å². The van der Waals surface area contributed by atoms with Gasteiger partial charge in [-0.05, 0) is 29.8 Å². The third-order valence-electron chi connectivity index (χ3n) is 3.18. The highest BCUT2D eigenvalue weighted by molar-refractivity contribution is 9.10. The molecule has 0 aliphatic carbocycles. The fourth-order valence-corrected chi connectivity index (χ4v) is 2.35. The number of benzene rings is 2. The minimum Gasteiger partial charge on any atom is -0.352 e. The van der Waals surface area contributed by atoms with Crippen LogP contribution in [0.3, 0.4) is 0 Å². The van der Waals surface area contributed by atoms with E-state index < -0.39 is 29.6 Å². The van der Waals surface area contributed by atoms with Gasteiger partial charge in [-0.2, -0.15) is 0 Å². The Morgan fingerprint density at radius 1 is 1.08 bits per heavy atom. The topological polar surface area (TPSA) is 84.2 Å². The molecule has 3 amide bonds. The molecule has 5 nitrogen and oxygen atoms in total. The van der Waals surface area contributed by atoms with Gasteiger partial charge in [-0.3, -0.25) is 4.79 Å². The number of hydrogen-bond acceptors (Lipinski definition) is 2. The first kappa shape index (κ1) is 17.9. The van der Waals surface area contributed by atoms with E-state index in [0.717, 1.165) is 16.6 Å². The van der Waals surface area contributed by atoms with E-state index in [0.29, 0.717) is 5.56 Å². The zero-order valence-electron chi connectivity index (χ0n) is 12.4. The molecule has 0 aromatic heterocycles. The van der Waals surface area contributed by atoms with Gasteiger partial charge < -0.3 is 16.4 Å². The van der Waals surface area contributed by atoms with Crippen LogP contribution in [0.2, 0.25) is 0 Å². The quantitative estimate of drug-likeness (QED) is 0.721. The second-order valence-corrected chi connectivity index (χ2v) is 5.91. The van der Waals surface area contributed by atoms with E-state index in [1.165, 1.54) is 6.07 Å². The fraction of sp³-hybridized carbons (Fsp3) is 0.125. The van der Waals surface area contributed by atoms with E-state index >= 15 is 0 Å². The Hall–Kier alpha value is -2.48. The molecule has 0 saturated carbocycles. The van der Waals surface area contributed by atoms with Crippen molar-refractivity contribution in [3.8, 4) is 0 Å². The molecule has 8 heteroatoms. The van der Waals surface area contributed by atoms with E-state index in [4.69, 9.17) is 5.73 Å². The smallest absolute Gasteiger partial charge is 0.312 e. The number of nitrogens with one attached hydrogen (secondary N) is 2. The summed E-state index contributed by atoms with van der Waals surface area (Å²) in [7, 11) is 0. The maximum absolute atomic E-state index is 13.2. The highest BCUT2D eigenvalue weighted by Gasteiger charge is 2.18. The van der Waals surface area contributed by atoms with Crippen LogP contribution in [0.15, 0.2) is 46.9 Å². The van der Waals surface area contributed by atoms with Gasteiger partial charge in [0.1, 0.15) is 0 Å². The van der Waals surface area contributed by atoms with Crippen molar-refractivity contribution in [2.24, 2.45) is 5.73 Å². The lowest BCUT2D eigenvalue weighted by molar-refractivity contribution is -0.116. The minimum atomic E-state index is -1.06. The molecule has 1 atom stereocenters. The largest absolute Gasteiger partial charge is 0.352 e. The number of nitrogens with two attached hydrogens (primary N) is 1. The first-order valence-corrected chi connectivity index (χ1v) is 7.71. The summed E-state index contributed by atoms with van der Waals surface area (Å²) >= 11 is 3.30. The molecule has 4 N–H and O–H groups in total. The lowest BCUT2D eigenvalue weighted by atomic mass is 10.0. The average Bonchev–Trinajstić information content (AvgIpc) is 2.50. The van der Waals surface area contributed by atoms with Gasteiger partial charge in [-0.1, -0.05) is 28.1 Å². The van der Waals surface area contributed by atoms with Crippen molar-refractivity contribution in [1.82, 2.24) is 5.32 Å². The van der Waals surface area contributed by atoms with Crippen LogP contribution in [0.1, 0.15) is 18.0 Å². The number of halogens is 3. The monoisotopic (exact) mass is 397 g/mol. The van der Waals surface area contributed by atoms with Crippen LogP contribution in [0.25, 0.3) is 0 Å². The summed E-state index contributed by atoms with van der Waals surface area (Å²) in [5.41, 5.74) is 5.94. The Balaban J connectivity index is 2.10. The van der Waals surface area contributed by atoms with Crippen molar-refractivity contribution in [3.05, 3.63) is 64.1 Å². The van der Waals surface area contributed by atoms with Gasteiger partial charge in [0.25, 0.3) is 0 Å². The van der Waals surface area contributed by atoms with Crippen LogP contribution in [0.4, 0.5) is 19.3 Å². The molecule has 2 rings (SSSR count). The number of rotatable bonds is 5. The normalized spacial score (nSPS) is 11.6. The van der Waals surface area contributed by atoms with Crippen LogP contribution in [0.5, 0.6) is 0 Å². The first-order valence-electron chi connectivity index (χ1n) is 6.91. The lowest BCUT2D eigenvalue weighted by Gasteiger charge is -2.18. The molecule has 0 aliphatic heterocycles. The lowest BCUT2D eigenvalue weighted by Crippen LogP contribution is -2.35. The molecule has 0 radical (unpaired) electrons. The van der Waals surface area contributed by atoms with Crippen molar-refractivity contribution in [1.29, 1.82) is 0 Å². The number of carbonyl (C=O) groups is 2. The zero-order valence-corrected chi connectivity index (χ0v) is 13.9. The van der Waals surface area contributed by atoms with Crippen molar-refractivity contribution in [3.63, 3.8) is 0 Å². The Labute approximate surface area is 145 Å². The Morgan fingerprint density at radius 2 is 1.75 bits per heavy atom. The van der Waals surface area contributed by atoms with Crippen LogP contribution in [-0.2, 0) is 4.79 Å². The number of amides is 3. The average molecular weight is 398 g/mol. The number of primary amides is 1. The summed E-state index contributed by atoms with van der Waals surface area (Å²) in [5.74, 6) is -2.55. The van der Waals surface area contributed by atoms with Crippen LogP contribution in [-0.4, -0.2) is 11.9 Å². The molecule has 24 heavy (non-hydrogen) atoms. The van der Waals surface area contributed by atoms with Gasteiger partial charge in [-0.15, -0.1) is 0 Å². The molecule has 0 heterocycles. The van der Waals surface area contributed by atoms with Crippen molar-refractivity contribution < 1.29 is 18.4 Å². The summed E-state index contributed by atoms with van der Waals surface area (Å²) in [5, 5.41) is 4.93. The number of urea groups is 1. The Kier molecular flexibility index (Phi) is 5.86. The zero-order chi connectivity index (χ0) is 17.7. The highest BCUT2D eigenvalue weighted by atomic mass is 79.9. The van der Waals surface area contributed by atoms with E-state index in [2.05, 4.69) is 26.6 Å². The SMILES string of the molecule is NC(=O)N[C@@H](CC(=O)Nc1ccc(F)c(F)c1)c1ccc(Br)cc1. The molecular weight excluding hydrogens is 384 g/mol. The van der Waals surface area contributed by atoms with Gasteiger partial charge in [0, 0.05) is 16.2 Å². The summed E-state index contributed by atoms with van der Waals surface area (Å²) in [4.78, 5) is 23.3. The van der Waals surface area contributed by atoms with Gasteiger partial charge in [0.15, 0.2) is 11.6 Å². The molecule has 0 aliphatic rings. The van der Waals surface area contributed by atoms with E-state index in [1.54, 1.807) is 24.3 Å². The summed E-state index contributed by atoms with van der Waals surface area (Å²) in [6.07, 6.45) is -0.121. The first-order chi connectivity index (χ1) is 11.3. The van der Waals surface area contributed by atoms with Gasteiger partial charge >= 0.3 is 6.03 Å². The predicted octanol–water partition coefficient (Wildman–Crippen LogP) is 3.47. The molecule has 0 saturated heterocycles. The second-order valence-electron chi connectivity index (χ2n) is 4.99. The van der Waals surface area contributed by atoms with Crippen LogP contribution < -0.4 is 16.4 Å². The second kappa shape index (κ2) is 7.87. The van der Waals surface area contributed by atoms with Gasteiger partial charge in [0.2, 0.25) is 5.91 Å². The molecule has 0 spiro atoms. The summed E-state index contributed by atoms with van der Waals surface area (Å²) in [6.45, 7) is 0. The molecule has 2 aromatic rings. The van der Waals surface area contributed by atoms with Crippen molar-refractivity contribution >= 4 is 33.6 Å². The highest BCUT2D eigenvalue weighted by Crippen LogP contribution is 2.21. The number of anilines is 1. The maximum Gasteiger partial charge on any atom is 0.312 e. The standard InChI is InChI=1S/C16H14BrF2N3O2/c17-10-3-1-9(2-4-10)14(22-16(20)24)8-15(23)21-11-5-6-12(18)13(19)7-11/h1-7,14H,8H2,(H,21,23)(H3,20,22,24)/t14-/m0/s1. The molecular formula is C16H14BrF2N3O2. The maximum atomic E-state index is 13.2. The molecule has 0 fully saturated rings. The molecule has 2 aromatic carbocycles. The predicted molar refractivity (Wildman–Crippen MR) is 89.2 cm³/mol.